The molecule has 3 heteroatoms. The predicted octanol–water partition coefficient (Wildman–Crippen LogP) is 2.58. The zero-order chi connectivity index (χ0) is 10.3. The predicted molar refractivity (Wildman–Crippen MR) is 48.7 cm³/mol. The molecule has 1 N–H and O–H groups in total. The van der Waals surface area contributed by atoms with Gasteiger partial charge in [0.15, 0.2) is 0 Å². The highest BCUT2D eigenvalue weighted by Crippen LogP contribution is 2.54. The summed E-state index contributed by atoms with van der Waals surface area (Å²) in [6.07, 6.45) is 1.39. The summed E-state index contributed by atoms with van der Waals surface area (Å²) in [7, 11) is 0. The molecule has 76 valence electrons. The lowest BCUT2D eigenvalue weighted by Crippen LogP contribution is -2.11. The molecule has 2 unspecified atom stereocenters. The zero-order valence-corrected chi connectivity index (χ0v) is 7.93. The van der Waals surface area contributed by atoms with E-state index in [0.29, 0.717) is 6.42 Å². The maximum absolute atomic E-state index is 13.3. The molecule has 0 heterocycles. The van der Waals surface area contributed by atoms with Gasteiger partial charge in [-0.15, -0.1) is 0 Å². The van der Waals surface area contributed by atoms with Gasteiger partial charge in [0.25, 0.3) is 0 Å². The Hall–Kier alpha value is -0.960. The summed E-state index contributed by atoms with van der Waals surface area (Å²) in [5.41, 5.74) is -0.822. The SMILES string of the molecule is CCC1CC1(O)c1ccc(F)cc1F. The third-order valence-corrected chi connectivity index (χ3v) is 2.96. The van der Waals surface area contributed by atoms with Crippen LogP contribution in [0.25, 0.3) is 0 Å². The molecule has 0 aliphatic heterocycles. The molecule has 0 saturated heterocycles. The molecule has 1 aliphatic rings. The first kappa shape index (κ1) is 9.59. The second-order valence-electron chi connectivity index (χ2n) is 3.86. The second kappa shape index (κ2) is 3.02. The van der Waals surface area contributed by atoms with E-state index < -0.39 is 17.2 Å². The van der Waals surface area contributed by atoms with Crippen molar-refractivity contribution in [2.45, 2.75) is 25.4 Å². The first-order valence-electron chi connectivity index (χ1n) is 4.76. The normalized spacial score (nSPS) is 30.4. The van der Waals surface area contributed by atoms with Crippen LogP contribution < -0.4 is 0 Å². The summed E-state index contributed by atoms with van der Waals surface area (Å²) < 4.78 is 25.9. The van der Waals surface area contributed by atoms with Crippen LogP contribution >= 0.6 is 0 Å². The van der Waals surface area contributed by atoms with Crippen LogP contribution in [0.4, 0.5) is 8.78 Å². The number of rotatable bonds is 2. The van der Waals surface area contributed by atoms with Crippen molar-refractivity contribution in [2.75, 3.05) is 0 Å². The van der Waals surface area contributed by atoms with Gasteiger partial charge in [-0.1, -0.05) is 19.4 Å². The summed E-state index contributed by atoms with van der Waals surface area (Å²) >= 11 is 0. The van der Waals surface area contributed by atoms with Crippen molar-refractivity contribution in [1.82, 2.24) is 0 Å². The van der Waals surface area contributed by atoms with E-state index in [9.17, 15) is 13.9 Å². The minimum atomic E-state index is -1.05. The van der Waals surface area contributed by atoms with Crippen LogP contribution in [-0.4, -0.2) is 5.11 Å². The fourth-order valence-corrected chi connectivity index (χ4v) is 1.97. The maximum Gasteiger partial charge on any atom is 0.132 e. The van der Waals surface area contributed by atoms with Gasteiger partial charge in [0.2, 0.25) is 0 Å². The molecule has 1 aromatic rings. The van der Waals surface area contributed by atoms with Gasteiger partial charge in [0.05, 0.1) is 5.60 Å². The highest BCUT2D eigenvalue weighted by molar-refractivity contribution is 5.31. The van der Waals surface area contributed by atoms with E-state index in [2.05, 4.69) is 0 Å². The van der Waals surface area contributed by atoms with Crippen molar-refractivity contribution >= 4 is 0 Å². The molecule has 0 amide bonds. The van der Waals surface area contributed by atoms with Crippen molar-refractivity contribution in [1.29, 1.82) is 0 Å². The minimum absolute atomic E-state index is 0.113. The van der Waals surface area contributed by atoms with Crippen LogP contribution in [0.5, 0.6) is 0 Å². The molecule has 0 spiro atoms. The summed E-state index contributed by atoms with van der Waals surface area (Å²) in [6.45, 7) is 1.95. The summed E-state index contributed by atoms with van der Waals surface area (Å²) in [4.78, 5) is 0. The molecule has 1 aliphatic carbocycles. The molecule has 0 aromatic heterocycles. The number of hydrogen-bond donors (Lipinski definition) is 1. The van der Waals surface area contributed by atoms with Gasteiger partial charge >= 0.3 is 0 Å². The summed E-state index contributed by atoms with van der Waals surface area (Å²) in [6, 6.07) is 3.33. The van der Waals surface area contributed by atoms with Crippen LogP contribution in [0.1, 0.15) is 25.3 Å². The molecule has 0 bridgehead atoms. The van der Waals surface area contributed by atoms with Crippen molar-refractivity contribution in [2.24, 2.45) is 5.92 Å². The summed E-state index contributed by atoms with van der Waals surface area (Å²) in [5.74, 6) is -1.14. The third kappa shape index (κ3) is 1.32. The average molecular weight is 198 g/mol. The van der Waals surface area contributed by atoms with Crippen molar-refractivity contribution in [3.8, 4) is 0 Å². The lowest BCUT2D eigenvalue weighted by atomic mass is 10.0. The highest BCUT2D eigenvalue weighted by Gasteiger charge is 2.54. The van der Waals surface area contributed by atoms with E-state index in [0.717, 1.165) is 12.5 Å². The number of aliphatic hydroxyl groups is 1. The van der Waals surface area contributed by atoms with Crippen LogP contribution in [0.2, 0.25) is 0 Å². The standard InChI is InChI=1S/C11H12F2O/c1-2-7-6-11(7,14)9-4-3-8(12)5-10(9)13/h3-5,7,14H,2,6H2,1H3. The van der Waals surface area contributed by atoms with E-state index in [1.165, 1.54) is 12.1 Å². The average Bonchev–Trinajstić information content (AvgIpc) is 2.77. The molecule has 1 nitrogen and oxygen atoms in total. The van der Waals surface area contributed by atoms with Gasteiger partial charge in [0.1, 0.15) is 11.6 Å². The van der Waals surface area contributed by atoms with Gasteiger partial charge < -0.3 is 5.11 Å². The van der Waals surface area contributed by atoms with E-state index in [1.807, 2.05) is 6.92 Å². The van der Waals surface area contributed by atoms with E-state index in [-0.39, 0.29) is 11.5 Å². The molecule has 1 fully saturated rings. The van der Waals surface area contributed by atoms with Gasteiger partial charge in [-0.2, -0.15) is 0 Å². The van der Waals surface area contributed by atoms with Crippen LogP contribution in [0, 0.1) is 17.6 Å². The second-order valence-corrected chi connectivity index (χ2v) is 3.86. The minimum Gasteiger partial charge on any atom is -0.385 e. The molecular weight excluding hydrogens is 186 g/mol. The van der Waals surface area contributed by atoms with Gasteiger partial charge in [-0.25, -0.2) is 8.78 Å². The van der Waals surface area contributed by atoms with Crippen LogP contribution in [0.15, 0.2) is 18.2 Å². The third-order valence-electron chi connectivity index (χ3n) is 2.96. The Balaban J connectivity index is 2.34. The maximum atomic E-state index is 13.3. The Kier molecular flexibility index (Phi) is 2.07. The van der Waals surface area contributed by atoms with Gasteiger partial charge in [-0.3, -0.25) is 0 Å². The lowest BCUT2D eigenvalue weighted by Gasteiger charge is -2.11. The van der Waals surface area contributed by atoms with E-state index in [1.54, 1.807) is 0 Å². The van der Waals surface area contributed by atoms with Crippen molar-refractivity contribution in [3.63, 3.8) is 0 Å². The Morgan fingerprint density at radius 2 is 2.21 bits per heavy atom. The first-order valence-corrected chi connectivity index (χ1v) is 4.76. The Bertz CT molecular complexity index is 364. The van der Waals surface area contributed by atoms with Crippen molar-refractivity contribution in [3.05, 3.63) is 35.4 Å². The molecule has 2 rings (SSSR count). The quantitative estimate of drug-likeness (QED) is 0.774. The molecular formula is C11H12F2O. The molecule has 0 radical (unpaired) electrons. The topological polar surface area (TPSA) is 20.2 Å². The molecule has 1 saturated carbocycles. The fraction of sp³-hybridized carbons (Fsp3) is 0.455. The molecule has 1 aromatic carbocycles. The Morgan fingerprint density at radius 3 is 2.71 bits per heavy atom. The lowest BCUT2D eigenvalue weighted by molar-refractivity contribution is 0.126. The van der Waals surface area contributed by atoms with E-state index in [4.69, 9.17) is 0 Å². The van der Waals surface area contributed by atoms with Gasteiger partial charge in [-0.05, 0) is 18.4 Å². The smallest absolute Gasteiger partial charge is 0.132 e. The van der Waals surface area contributed by atoms with Crippen LogP contribution in [0.3, 0.4) is 0 Å². The Morgan fingerprint density at radius 1 is 1.50 bits per heavy atom. The molecule has 14 heavy (non-hydrogen) atoms. The fourth-order valence-electron chi connectivity index (χ4n) is 1.97. The van der Waals surface area contributed by atoms with Gasteiger partial charge in [0, 0.05) is 11.6 Å². The number of benzene rings is 1. The van der Waals surface area contributed by atoms with Crippen molar-refractivity contribution < 1.29 is 13.9 Å². The largest absolute Gasteiger partial charge is 0.385 e. The summed E-state index contributed by atoms with van der Waals surface area (Å²) in [5, 5.41) is 9.97. The highest BCUT2D eigenvalue weighted by atomic mass is 19.1. The Labute approximate surface area is 81.4 Å². The first-order chi connectivity index (χ1) is 6.58. The zero-order valence-electron chi connectivity index (χ0n) is 7.93. The molecule has 2 atom stereocenters. The van der Waals surface area contributed by atoms with E-state index >= 15 is 0 Å². The monoisotopic (exact) mass is 198 g/mol. The number of halogens is 2. The van der Waals surface area contributed by atoms with Crippen LogP contribution in [-0.2, 0) is 5.60 Å². The number of hydrogen-bond acceptors (Lipinski definition) is 1.